The second-order valence-electron chi connectivity index (χ2n) is 7.48. The molecule has 1 N–H and O–H groups in total. The molecule has 6 nitrogen and oxygen atoms in total. The first kappa shape index (κ1) is 19.4. The molecule has 1 aliphatic rings. The van der Waals surface area contributed by atoms with Crippen molar-refractivity contribution in [3.63, 3.8) is 0 Å². The molecule has 4 aromatic rings. The second-order valence-corrected chi connectivity index (χ2v) is 8.62. The summed E-state index contributed by atoms with van der Waals surface area (Å²) < 4.78 is 8.45. The van der Waals surface area contributed by atoms with Crippen molar-refractivity contribution in [2.45, 2.75) is 19.6 Å². The molecule has 0 unspecified atom stereocenters. The van der Waals surface area contributed by atoms with E-state index < -0.39 is 6.09 Å². The fourth-order valence-electron chi connectivity index (χ4n) is 3.89. The van der Waals surface area contributed by atoms with Gasteiger partial charge in [0.2, 0.25) is 0 Å². The second kappa shape index (κ2) is 7.92. The lowest BCUT2D eigenvalue weighted by molar-refractivity contribution is 0.140. The topological polar surface area (TPSA) is 71.8 Å². The molecule has 1 amide bonds. The fourth-order valence-corrected chi connectivity index (χ4v) is 5.07. The number of carbonyl (C=O) groups is 1. The van der Waals surface area contributed by atoms with Gasteiger partial charge in [0.05, 0.1) is 6.54 Å². The number of hydrogen-bond acceptors (Lipinski definition) is 4. The lowest BCUT2D eigenvalue weighted by atomic mass is 10.0. The summed E-state index contributed by atoms with van der Waals surface area (Å²) in [5, 5.41) is 10.4. The Morgan fingerprint density at radius 2 is 1.94 bits per heavy atom. The maximum atomic E-state index is 12.8. The minimum atomic E-state index is -0.900. The van der Waals surface area contributed by atoms with Crippen molar-refractivity contribution in [3.8, 4) is 11.4 Å². The van der Waals surface area contributed by atoms with E-state index in [9.17, 15) is 14.7 Å². The number of fused-ring (bicyclic) bond motifs is 3. The molecule has 5 rings (SSSR count). The Morgan fingerprint density at radius 1 is 1.10 bits per heavy atom. The van der Waals surface area contributed by atoms with Crippen LogP contribution in [0.25, 0.3) is 15.8 Å². The molecule has 2 aromatic heterocycles. The Balaban J connectivity index is 1.43. The molecule has 0 radical (unpaired) electrons. The van der Waals surface area contributed by atoms with E-state index >= 15 is 0 Å². The molecule has 0 atom stereocenters. The van der Waals surface area contributed by atoms with Crippen LogP contribution in [0.2, 0.25) is 0 Å². The lowest BCUT2D eigenvalue weighted by Crippen LogP contribution is -2.34. The van der Waals surface area contributed by atoms with Crippen molar-refractivity contribution in [1.29, 1.82) is 0 Å². The first-order valence-corrected chi connectivity index (χ1v) is 10.8. The third-order valence-corrected chi connectivity index (χ3v) is 6.78. The van der Waals surface area contributed by atoms with E-state index in [0.717, 1.165) is 33.3 Å². The summed E-state index contributed by atoms with van der Waals surface area (Å²) in [6.07, 6.45) is 1.54. The fraction of sp³-hybridized carbons (Fsp3) is 0.167. The summed E-state index contributed by atoms with van der Waals surface area (Å²) in [7, 11) is 0. The zero-order chi connectivity index (χ0) is 21.4. The summed E-state index contributed by atoms with van der Waals surface area (Å²) in [6, 6.07) is 19.0. The first-order valence-electron chi connectivity index (χ1n) is 10.0. The molecule has 3 heterocycles. The SMILES string of the molecule is O=C(O)N1CCc2sc3ccc(-n4ccc(OCc5ccccc5)cc4=O)cc3c2C1. The number of pyridine rings is 1. The molecule has 7 heteroatoms. The number of carboxylic acid groups (broad SMARTS) is 1. The van der Waals surface area contributed by atoms with Crippen molar-refractivity contribution < 1.29 is 14.6 Å². The monoisotopic (exact) mass is 432 g/mol. The maximum Gasteiger partial charge on any atom is 0.407 e. The Hall–Kier alpha value is -3.58. The molecule has 156 valence electrons. The van der Waals surface area contributed by atoms with Crippen LogP contribution >= 0.6 is 11.3 Å². The van der Waals surface area contributed by atoms with Gasteiger partial charge in [0.15, 0.2) is 0 Å². The number of amides is 1. The average molecular weight is 433 g/mol. The van der Waals surface area contributed by atoms with Crippen molar-refractivity contribution in [1.82, 2.24) is 9.47 Å². The number of benzene rings is 2. The van der Waals surface area contributed by atoms with Crippen LogP contribution in [0.4, 0.5) is 4.79 Å². The van der Waals surface area contributed by atoms with Crippen molar-refractivity contribution in [3.05, 3.63) is 93.2 Å². The Bertz CT molecular complexity index is 1330. The molecule has 0 bridgehead atoms. The van der Waals surface area contributed by atoms with Crippen LogP contribution in [-0.2, 0) is 19.6 Å². The maximum absolute atomic E-state index is 12.8. The van der Waals surface area contributed by atoms with Crippen LogP contribution in [-0.4, -0.2) is 27.2 Å². The van der Waals surface area contributed by atoms with E-state index in [-0.39, 0.29) is 5.56 Å². The minimum Gasteiger partial charge on any atom is -0.489 e. The third-order valence-electron chi connectivity index (χ3n) is 5.50. The van der Waals surface area contributed by atoms with Gasteiger partial charge in [0.25, 0.3) is 5.56 Å². The van der Waals surface area contributed by atoms with E-state index in [2.05, 4.69) is 0 Å². The molecule has 0 fully saturated rings. The van der Waals surface area contributed by atoms with Crippen LogP contribution in [0.5, 0.6) is 5.75 Å². The molecule has 0 spiro atoms. The van der Waals surface area contributed by atoms with E-state index in [0.29, 0.717) is 25.4 Å². The number of hydrogen-bond donors (Lipinski definition) is 1. The van der Waals surface area contributed by atoms with E-state index in [1.165, 1.54) is 15.8 Å². The van der Waals surface area contributed by atoms with Gasteiger partial charge in [-0.25, -0.2) is 4.79 Å². The highest BCUT2D eigenvalue weighted by atomic mass is 32.1. The van der Waals surface area contributed by atoms with Gasteiger partial charge in [0, 0.05) is 34.1 Å². The largest absolute Gasteiger partial charge is 0.489 e. The lowest BCUT2D eigenvalue weighted by Gasteiger charge is -2.24. The Labute approximate surface area is 182 Å². The summed E-state index contributed by atoms with van der Waals surface area (Å²) >= 11 is 1.70. The van der Waals surface area contributed by atoms with Gasteiger partial charge < -0.3 is 14.7 Å². The normalized spacial score (nSPS) is 13.2. The minimum absolute atomic E-state index is 0.179. The molecule has 0 aliphatic carbocycles. The van der Waals surface area contributed by atoms with Crippen LogP contribution in [0.15, 0.2) is 71.7 Å². The number of ether oxygens (including phenoxy) is 1. The summed E-state index contributed by atoms with van der Waals surface area (Å²) in [5.41, 5.74) is 2.66. The van der Waals surface area contributed by atoms with Crippen molar-refractivity contribution in [2.24, 2.45) is 0 Å². The summed E-state index contributed by atoms with van der Waals surface area (Å²) in [6.45, 7) is 1.30. The predicted molar refractivity (Wildman–Crippen MR) is 120 cm³/mol. The quantitative estimate of drug-likeness (QED) is 0.509. The number of rotatable bonds is 4. The molecule has 31 heavy (non-hydrogen) atoms. The first-order chi connectivity index (χ1) is 15.1. The van der Waals surface area contributed by atoms with E-state index in [4.69, 9.17) is 4.74 Å². The number of aromatic nitrogens is 1. The summed E-state index contributed by atoms with van der Waals surface area (Å²) in [5.74, 6) is 0.524. The zero-order valence-electron chi connectivity index (χ0n) is 16.7. The van der Waals surface area contributed by atoms with Gasteiger partial charge in [-0.3, -0.25) is 9.36 Å². The molecule has 0 saturated carbocycles. The highest BCUT2D eigenvalue weighted by Crippen LogP contribution is 2.36. The molecule has 1 aliphatic heterocycles. The van der Waals surface area contributed by atoms with Crippen LogP contribution in [0.1, 0.15) is 16.0 Å². The van der Waals surface area contributed by atoms with Gasteiger partial charge in [-0.05, 0) is 47.2 Å². The number of thiophene rings is 1. The van der Waals surface area contributed by atoms with Crippen LogP contribution < -0.4 is 10.3 Å². The standard InChI is InChI=1S/C24H20N2O4S/c27-23-13-18(30-15-16-4-2-1-3-5-16)8-11-26(23)17-6-7-21-19(12-17)20-14-25(24(28)29)10-9-22(20)31-21/h1-8,11-13H,9-10,14-15H2,(H,28,29). The van der Waals surface area contributed by atoms with Gasteiger partial charge in [-0.2, -0.15) is 0 Å². The molecular formula is C24H20N2O4S. The highest BCUT2D eigenvalue weighted by Gasteiger charge is 2.24. The highest BCUT2D eigenvalue weighted by molar-refractivity contribution is 7.19. The Kier molecular flexibility index (Phi) is 4.95. The van der Waals surface area contributed by atoms with Gasteiger partial charge in [-0.15, -0.1) is 11.3 Å². The molecular weight excluding hydrogens is 412 g/mol. The van der Waals surface area contributed by atoms with E-state index in [1.54, 1.807) is 28.2 Å². The van der Waals surface area contributed by atoms with Gasteiger partial charge >= 0.3 is 6.09 Å². The number of nitrogens with zero attached hydrogens (tertiary/aromatic N) is 2. The van der Waals surface area contributed by atoms with Crippen molar-refractivity contribution >= 4 is 27.5 Å². The van der Waals surface area contributed by atoms with Crippen LogP contribution in [0.3, 0.4) is 0 Å². The van der Waals surface area contributed by atoms with Gasteiger partial charge in [0.1, 0.15) is 12.4 Å². The predicted octanol–water partition coefficient (Wildman–Crippen LogP) is 4.67. The smallest absolute Gasteiger partial charge is 0.407 e. The van der Waals surface area contributed by atoms with Crippen LogP contribution in [0, 0.1) is 0 Å². The zero-order valence-corrected chi connectivity index (χ0v) is 17.5. The van der Waals surface area contributed by atoms with Gasteiger partial charge in [-0.1, -0.05) is 30.3 Å². The van der Waals surface area contributed by atoms with Crippen molar-refractivity contribution in [2.75, 3.05) is 6.54 Å². The third kappa shape index (κ3) is 3.80. The van der Waals surface area contributed by atoms with E-state index in [1.807, 2.05) is 48.5 Å². The summed E-state index contributed by atoms with van der Waals surface area (Å²) in [4.78, 5) is 26.8. The molecule has 2 aromatic carbocycles. The Morgan fingerprint density at radius 3 is 2.71 bits per heavy atom. The molecule has 0 saturated heterocycles. The average Bonchev–Trinajstić information content (AvgIpc) is 3.15.